The van der Waals surface area contributed by atoms with Gasteiger partial charge in [-0.3, -0.25) is 24.1 Å². The molecule has 0 aliphatic carbocycles. The van der Waals surface area contributed by atoms with Gasteiger partial charge in [0.1, 0.15) is 16.4 Å². The minimum atomic E-state index is -1.43. The molecule has 1 aliphatic heterocycles. The van der Waals surface area contributed by atoms with Crippen LogP contribution in [0.4, 0.5) is 11.5 Å². The molecule has 11 nitrogen and oxygen atoms in total. The maximum atomic E-state index is 13.8. The largest absolute Gasteiger partial charge is 0.477 e. The van der Waals surface area contributed by atoms with E-state index in [1.807, 2.05) is 45.0 Å². The Morgan fingerprint density at radius 2 is 1.85 bits per heavy atom. The number of aromatic carboxylic acids is 1. The number of amides is 1. The summed E-state index contributed by atoms with van der Waals surface area (Å²) in [4.78, 5) is 57.7. The highest BCUT2D eigenvalue weighted by molar-refractivity contribution is 7.24. The van der Waals surface area contributed by atoms with Crippen LogP contribution in [0, 0.1) is 10.1 Å². The number of anilines is 1. The van der Waals surface area contributed by atoms with Crippen molar-refractivity contribution in [3.63, 3.8) is 0 Å². The molecule has 3 aromatic heterocycles. The van der Waals surface area contributed by atoms with Crippen LogP contribution in [0.15, 0.2) is 59.4 Å². The fourth-order valence-corrected chi connectivity index (χ4v) is 6.64. The molecule has 0 spiro atoms. The molecule has 41 heavy (non-hydrogen) atoms. The lowest BCUT2D eigenvalue weighted by molar-refractivity contribution is -0.384. The van der Waals surface area contributed by atoms with Crippen LogP contribution in [0.2, 0.25) is 0 Å². The molecule has 208 valence electrons. The molecule has 0 saturated carbocycles. The van der Waals surface area contributed by atoms with E-state index >= 15 is 0 Å². The predicted molar refractivity (Wildman–Crippen MR) is 156 cm³/mol. The number of hydrogen-bond acceptors (Lipinski definition) is 8. The Kier molecular flexibility index (Phi) is 6.03. The highest BCUT2D eigenvalue weighted by atomic mass is 32.1. The molecular formula is C29H25N5O6S. The summed E-state index contributed by atoms with van der Waals surface area (Å²) >= 11 is 1.13. The van der Waals surface area contributed by atoms with Crippen molar-refractivity contribution in [1.82, 2.24) is 14.7 Å². The highest BCUT2D eigenvalue weighted by Gasteiger charge is 2.39. The summed E-state index contributed by atoms with van der Waals surface area (Å²) in [7, 11) is 0. The molecule has 6 rings (SSSR count). The normalized spacial score (nSPS) is 15.3. The third-order valence-corrected chi connectivity index (χ3v) is 8.23. The number of nitro groups is 1. The number of carbonyl (C=O) groups is 2. The molecule has 4 heterocycles. The molecule has 2 N–H and O–H groups in total. The van der Waals surface area contributed by atoms with Crippen molar-refractivity contribution in [2.75, 3.05) is 11.4 Å². The average molecular weight is 572 g/mol. The van der Waals surface area contributed by atoms with Gasteiger partial charge in [-0.05, 0) is 50.5 Å². The lowest BCUT2D eigenvalue weighted by Crippen LogP contribution is -2.50. The van der Waals surface area contributed by atoms with Crippen LogP contribution >= 0.6 is 11.3 Å². The first-order chi connectivity index (χ1) is 19.5. The number of aromatic nitrogens is 2. The maximum absolute atomic E-state index is 13.8. The van der Waals surface area contributed by atoms with E-state index in [4.69, 9.17) is 4.98 Å². The molecule has 1 aliphatic rings. The summed E-state index contributed by atoms with van der Waals surface area (Å²) in [6.07, 6.45) is 0.515. The number of rotatable bonds is 4. The number of para-hydroxylation sites is 1. The molecule has 0 fully saturated rings. The zero-order chi connectivity index (χ0) is 29.2. The van der Waals surface area contributed by atoms with E-state index in [1.165, 1.54) is 0 Å². The van der Waals surface area contributed by atoms with E-state index in [2.05, 4.69) is 5.32 Å². The van der Waals surface area contributed by atoms with E-state index in [9.17, 15) is 29.6 Å². The van der Waals surface area contributed by atoms with Crippen molar-refractivity contribution in [2.24, 2.45) is 0 Å². The number of thiazole rings is 1. The van der Waals surface area contributed by atoms with Crippen LogP contribution in [-0.2, 0) is 11.2 Å². The number of carbonyl (C=O) groups excluding carboxylic acids is 1. The van der Waals surface area contributed by atoms with E-state index in [-0.39, 0.29) is 34.1 Å². The molecule has 1 amide bonds. The summed E-state index contributed by atoms with van der Waals surface area (Å²) < 4.78 is 2.29. The van der Waals surface area contributed by atoms with Gasteiger partial charge in [-0.2, -0.15) is 0 Å². The van der Waals surface area contributed by atoms with E-state index in [1.54, 1.807) is 33.6 Å². The van der Waals surface area contributed by atoms with Crippen molar-refractivity contribution >= 4 is 60.8 Å². The summed E-state index contributed by atoms with van der Waals surface area (Å²) in [5, 5.41) is 25.2. The molecule has 1 unspecified atom stereocenters. The maximum Gasteiger partial charge on any atom is 0.342 e. The van der Waals surface area contributed by atoms with Crippen LogP contribution in [0.25, 0.3) is 26.1 Å². The number of hydrogen-bond donors (Lipinski definition) is 2. The standard InChI is InChI=1S/C29H25N5O6S/c1-29(2,3)31-26(36)22-16-9-5-4-8-15(16)12-13-32(22)25-19(34(39)40)14-17-23(35)21(28(37)38)27-33(24(17)30-25)18-10-6-7-11-20(18)41-27/h4-11,14,22H,12-13H2,1-3H3,(H,31,36)(H,37,38). The van der Waals surface area contributed by atoms with Crippen LogP contribution in [0.5, 0.6) is 0 Å². The van der Waals surface area contributed by atoms with Gasteiger partial charge in [-0.25, -0.2) is 9.78 Å². The third-order valence-electron chi connectivity index (χ3n) is 7.09. The van der Waals surface area contributed by atoms with Gasteiger partial charge in [0.05, 0.1) is 20.5 Å². The zero-order valence-corrected chi connectivity index (χ0v) is 23.2. The molecule has 12 heteroatoms. The zero-order valence-electron chi connectivity index (χ0n) is 22.4. The van der Waals surface area contributed by atoms with Crippen molar-refractivity contribution in [2.45, 2.75) is 38.8 Å². The Balaban J connectivity index is 1.69. The van der Waals surface area contributed by atoms with Crippen molar-refractivity contribution in [3.05, 3.63) is 91.6 Å². The van der Waals surface area contributed by atoms with Crippen LogP contribution in [0.1, 0.15) is 48.3 Å². The van der Waals surface area contributed by atoms with Gasteiger partial charge in [-0.1, -0.05) is 36.4 Å². The molecule has 5 aromatic rings. The molecule has 0 radical (unpaired) electrons. The van der Waals surface area contributed by atoms with Gasteiger partial charge in [0.2, 0.25) is 17.2 Å². The van der Waals surface area contributed by atoms with Crippen molar-refractivity contribution < 1.29 is 19.6 Å². The lowest BCUT2D eigenvalue weighted by atomic mass is 9.91. The second-order valence-corrected chi connectivity index (χ2v) is 12.0. The SMILES string of the molecule is CC(C)(C)NC(=O)C1c2ccccc2CCN1c1nc2c(cc1[N+](=O)[O-])c(=O)c(C(=O)O)c1sc3ccccc3n12. The van der Waals surface area contributed by atoms with Gasteiger partial charge in [0.15, 0.2) is 5.65 Å². The summed E-state index contributed by atoms with van der Waals surface area (Å²) in [6, 6.07) is 14.8. The topological polar surface area (TPSA) is 147 Å². The quantitative estimate of drug-likeness (QED) is 0.233. The minimum Gasteiger partial charge on any atom is -0.477 e. The first kappa shape index (κ1) is 26.4. The van der Waals surface area contributed by atoms with Gasteiger partial charge in [-0.15, -0.1) is 11.3 Å². The van der Waals surface area contributed by atoms with Gasteiger partial charge < -0.3 is 15.3 Å². The molecule has 1 atom stereocenters. The fraction of sp³-hybridized carbons (Fsp3) is 0.241. The Morgan fingerprint density at radius 3 is 2.56 bits per heavy atom. The molecular weight excluding hydrogens is 546 g/mol. The minimum absolute atomic E-state index is 0.0716. The number of carboxylic acids is 1. The van der Waals surface area contributed by atoms with E-state index < -0.39 is 39.2 Å². The van der Waals surface area contributed by atoms with Crippen molar-refractivity contribution in [1.29, 1.82) is 0 Å². The number of carboxylic acid groups (broad SMARTS) is 1. The highest BCUT2D eigenvalue weighted by Crippen LogP contribution is 2.40. The third kappa shape index (κ3) is 4.27. The number of nitrogens with zero attached hydrogens (tertiary/aromatic N) is 4. The first-order valence-corrected chi connectivity index (χ1v) is 13.7. The van der Waals surface area contributed by atoms with E-state index in [0.29, 0.717) is 17.5 Å². The smallest absolute Gasteiger partial charge is 0.342 e. The Bertz CT molecular complexity index is 1990. The van der Waals surface area contributed by atoms with Gasteiger partial charge in [0.25, 0.3) is 0 Å². The van der Waals surface area contributed by atoms with Crippen LogP contribution in [0.3, 0.4) is 0 Å². The molecule has 2 aromatic carbocycles. The summed E-state index contributed by atoms with van der Waals surface area (Å²) in [6.45, 7) is 5.82. The summed E-state index contributed by atoms with van der Waals surface area (Å²) in [5.74, 6) is -1.85. The second-order valence-electron chi connectivity index (χ2n) is 11.0. The van der Waals surface area contributed by atoms with Crippen LogP contribution in [-0.4, -0.2) is 43.4 Å². The van der Waals surface area contributed by atoms with E-state index in [0.717, 1.165) is 27.7 Å². The monoisotopic (exact) mass is 571 g/mol. The Morgan fingerprint density at radius 1 is 1.15 bits per heavy atom. The second kappa shape index (κ2) is 9.37. The first-order valence-electron chi connectivity index (χ1n) is 12.9. The summed E-state index contributed by atoms with van der Waals surface area (Å²) in [5.41, 5.74) is -0.0288. The molecule has 0 saturated heterocycles. The predicted octanol–water partition coefficient (Wildman–Crippen LogP) is 4.69. The number of nitrogens with one attached hydrogen (secondary N) is 1. The lowest BCUT2D eigenvalue weighted by Gasteiger charge is -2.38. The number of benzene rings is 2. The Hall–Kier alpha value is -4.84. The number of fused-ring (bicyclic) bond motifs is 6. The van der Waals surface area contributed by atoms with Gasteiger partial charge in [0, 0.05) is 18.2 Å². The molecule has 0 bridgehead atoms. The van der Waals surface area contributed by atoms with Crippen LogP contribution < -0.4 is 15.6 Å². The van der Waals surface area contributed by atoms with Gasteiger partial charge >= 0.3 is 11.7 Å². The van der Waals surface area contributed by atoms with Crippen molar-refractivity contribution in [3.8, 4) is 0 Å². The Labute approximate surface area is 236 Å². The fourth-order valence-electron chi connectivity index (χ4n) is 5.46. The average Bonchev–Trinajstić information content (AvgIpc) is 3.29. The number of pyridine rings is 2.